The Morgan fingerprint density at radius 3 is 2.62 bits per heavy atom. The predicted octanol–water partition coefficient (Wildman–Crippen LogP) is 4.75. The minimum Gasteiger partial charge on any atom is -0.338 e. The molecule has 7 rings (SSSR count). The normalized spacial score (nSPS) is 14.2. The first-order chi connectivity index (χ1) is 22.7. The fourth-order valence-corrected chi connectivity index (χ4v) is 6.45. The lowest BCUT2D eigenvalue weighted by molar-refractivity contribution is -0.117. The molecule has 47 heavy (non-hydrogen) atoms. The van der Waals surface area contributed by atoms with Crippen LogP contribution >= 0.6 is 0 Å². The lowest BCUT2D eigenvalue weighted by atomic mass is 9.94. The van der Waals surface area contributed by atoms with E-state index in [1.54, 1.807) is 36.9 Å². The average Bonchev–Trinajstić information content (AvgIpc) is 3.68. The maximum Gasteiger partial charge on any atom is 0.224 e. The van der Waals surface area contributed by atoms with Crippen LogP contribution in [-0.4, -0.2) is 63.8 Å². The molecule has 6 heterocycles. The molecule has 12 nitrogen and oxygen atoms in total. The average molecular weight is 654 g/mol. The van der Waals surface area contributed by atoms with E-state index in [0.29, 0.717) is 51.8 Å². The van der Waals surface area contributed by atoms with Crippen molar-refractivity contribution in [1.29, 1.82) is 0 Å². The number of pyridine rings is 3. The van der Waals surface area contributed by atoms with Crippen LogP contribution in [0.4, 0.5) is 10.1 Å². The fourth-order valence-electron chi connectivity index (χ4n) is 6.02. The molecule has 0 atom stereocenters. The second-order valence-electron chi connectivity index (χ2n) is 11.8. The summed E-state index contributed by atoms with van der Waals surface area (Å²) in [6, 6.07) is 12.0. The highest BCUT2D eigenvalue weighted by molar-refractivity contribution is 7.88. The zero-order valence-electron chi connectivity index (χ0n) is 25.5. The van der Waals surface area contributed by atoms with Crippen LogP contribution in [0.15, 0.2) is 67.3 Å². The monoisotopic (exact) mass is 653 g/mol. The zero-order chi connectivity index (χ0) is 32.5. The third-order valence-electron chi connectivity index (χ3n) is 8.30. The number of benzene rings is 1. The predicted molar refractivity (Wildman–Crippen MR) is 178 cm³/mol. The van der Waals surface area contributed by atoms with E-state index in [1.807, 2.05) is 18.2 Å². The van der Waals surface area contributed by atoms with Gasteiger partial charge in [0.1, 0.15) is 17.2 Å². The number of aromatic amines is 2. The Morgan fingerprint density at radius 1 is 0.957 bits per heavy atom. The van der Waals surface area contributed by atoms with Crippen molar-refractivity contribution in [3.63, 3.8) is 0 Å². The summed E-state index contributed by atoms with van der Waals surface area (Å²) in [5.41, 5.74) is 6.47. The van der Waals surface area contributed by atoms with Crippen molar-refractivity contribution in [3.05, 3.63) is 78.6 Å². The van der Waals surface area contributed by atoms with Gasteiger partial charge >= 0.3 is 0 Å². The molecule has 240 valence electrons. The number of hydrogen-bond donors (Lipinski definition) is 5. The van der Waals surface area contributed by atoms with Crippen LogP contribution in [-0.2, 0) is 21.4 Å². The van der Waals surface area contributed by atoms with Gasteiger partial charge in [-0.3, -0.25) is 14.9 Å². The smallest absolute Gasteiger partial charge is 0.224 e. The van der Waals surface area contributed by atoms with Gasteiger partial charge in [0.15, 0.2) is 5.65 Å². The summed E-state index contributed by atoms with van der Waals surface area (Å²) in [4.78, 5) is 29.5. The molecule has 0 unspecified atom stereocenters. The minimum absolute atomic E-state index is 0.0200. The second kappa shape index (κ2) is 12.6. The van der Waals surface area contributed by atoms with Crippen molar-refractivity contribution in [3.8, 4) is 33.6 Å². The Kier molecular flexibility index (Phi) is 8.22. The van der Waals surface area contributed by atoms with Crippen LogP contribution in [0.1, 0.15) is 24.8 Å². The topological polar surface area (TPSA) is 170 Å². The zero-order valence-corrected chi connectivity index (χ0v) is 26.3. The number of nitrogens with one attached hydrogen (secondary N) is 5. The van der Waals surface area contributed by atoms with Crippen LogP contribution in [0.3, 0.4) is 0 Å². The first-order valence-corrected chi connectivity index (χ1v) is 17.1. The van der Waals surface area contributed by atoms with Gasteiger partial charge in [0.25, 0.3) is 0 Å². The molecule has 0 bridgehead atoms. The van der Waals surface area contributed by atoms with E-state index in [0.717, 1.165) is 59.6 Å². The standard InChI is InChI=1S/C33H32FN9O3S/c1-47(45,46)39-15-20-8-21(11-24(34)9-20)26-4-7-37-32-27(26)14-29(41-32)31-28-13-23(17-38-33(28)43-42-31)22-12-25(18-36-16-22)40-30(44)10-19-2-5-35-6-3-19/h4,7-9,11-14,16-19,35,39H,2-3,5-6,10,15H2,1H3,(H,37,41)(H,40,44)(H,38,42,43). The number of nitrogens with zero attached hydrogens (tertiary/aromatic N) is 4. The molecule has 6 aromatic rings. The first kappa shape index (κ1) is 30.6. The molecule has 0 spiro atoms. The molecule has 1 saturated heterocycles. The Balaban J connectivity index is 1.18. The fraction of sp³-hybridized carbons (Fsp3) is 0.242. The van der Waals surface area contributed by atoms with Crippen molar-refractivity contribution in [2.45, 2.75) is 25.8 Å². The lowest BCUT2D eigenvalue weighted by Crippen LogP contribution is -2.30. The number of carbonyl (C=O) groups excluding carboxylic acids is 1. The largest absolute Gasteiger partial charge is 0.338 e. The van der Waals surface area contributed by atoms with Gasteiger partial charge in [0.2, 0.25) is 15.9 Å². The number of halogens is 1. The summed E-state index contributed by atoms with van der Waals surface area (Å²) in [6.45, 7) is 1.85. The molecule has 0 saturated carbocycles. The number of fused-ring (bicyclic) bond motifs is 2. The SMILES string of the molecule is CS(=O)(=O)NCc1cc(F)cc(-c2ccnc3[nH]c(-c4n[nH]c5ncc(-c6cncc(NC(=O)CC7CCNCC7)c6)cc45)cc23)c1. The Morgan fingerprint density at radius 2 is 1.79 bits per heavy atom. The van der Waals surface area contributed by atoms with Crippen molar-refractivity contribution >= 4 is 43.7 Å². The maximum absolute atomic E-state index is 14.6. The summed E-state index contributed by atoms with van der Waals surface area (Å²) in [7, 11) is -3.44. The molecule has 0 aliphatic carbocycles. The van der Waals surface area contributed by atoms with E-state index in [1.165, 1.54) is 12.1 Å². The molecule has 5 aromatic heterocycles. The Labute approximate surface area is 269 Å². The second-order valence-corrected chi connectivity index (χ2v) is 13.7. The Bertz CT molecular complexity index is 2230. The molecule has 1 aliphatic rings. The van der Waals surface area contributed by atoms with Gasteiger partial charge in [0.05, 0.1) is 23.8 Å². The number of anilines is 1. The molecule has 0 radical (unpaired) electrons. The number of carbonyl (C=O) groups is 1. The number of amides is 1. The van der Waals surface area contributed by atoms with Gasteiger partial charge < -0.3 is 15.6 Å². The van der Waals surface area contributed by atoms with Gasteiger partial charge in [-0.15, -0.1) is 0 Å². The molecular formula is C33H32FN9O3S. The molecule has 5 N–H and O–H groups in total. The van der Waals surface area contributed by atoms with Gasteiger partial charge in [-0.2, -0.15) is 5.10 Å². The maximum atomic E-state index is 14.6. The van der Waals surface area contributed by atoms with Crippen LogP contribution < -0.4 is 15.4 Å². The van der Waals surface area contributed by atoms with E-state index >= 15 is 0 Å². The van der Waals surface area contributed by atoms with Crippen LogP contribution in [0.2, 0.25) is 0 Å². The van der Waals surface area contributed by atoms with Crippen molar-refractivity contribution in [1.82, 2.24) is 40.2 Å². The van der Waals surface area contributed by atoms with E-state index in [9.17, 15) is 17.6 Å². The molecule has 1 fully saturated rings. The van der Waals surface area contributed by atoms with E-state index in [-0.39, 0.29) is 12.5 Å². The van der Waals surface area contributed by atoms with Crippen molar-refractivity contribution < 1.29 is 17.6 Å². The minimum atomic E-state index is -3.44. The van der Waals surface area contributed by atoms with Gasteiger partial charge in [-0.1, -0.05) is 0 Å². The van der Waals surface area contributed by atoms with Crippen LogP contribution in [0, 0.1) is 11.7 Å². The quantitative estimate of drug-likeness (QED) is 0.149. The van der Waals surface area contributed by atoms with E-state index in [2.05, 4.69) is 45.5 Å². The Hall–Kier alpha value is -5.05. The number of sulfonamides is 1. The molecule has 1 aromatic carbocycles. The van der Waals surface area contributed by atoms with Crippen LogP contribution in [0.25, 0.3) is 55.7 Å². The summed E-state index contributed by atoms with van der Waals surface area (Å²) in [6.07, 6.45) is 10.3. The van der Waals surface area contributed by atoms with Gasteiger partial charge in [-0.05, 0) is 91.0 Å². The van der Waals surface area contributed by atoms with Crippen molar-refractivity contribution in [2.75, 3.05) is 24.7 Å². The van der Waals surface area contributed by atoms with Gasteiger partial charge in [0, 0.05) is 53.5 Å². The number of piperidine rings is 1. The highest BCUT2D eigenvalue weighted by Gasteiger charge is 2.19. The number of H-pyrrole nitrogens is 2. The molecule has 1 aliphatic heterocycles. The number of hydrogen-bond acceptors (Lipinski definition) is 8. The van der Waals surface area contributed by atoms with Crippen molar-refractivity contribution in [2.24, 2.45) is 5.92 Å². The molecular weight excluding hydrogens is 621 g/mol. The molecule has 14 heteroatoms. The first-order valence-electron chi connectivity index (χ1n) is 15.2. The lowest BCUT2D eigenvalue weighted by Gasteiger charge is -2.21. The molecule has 1 amide bonds. The summed E-state index contributed by atoms with van der Waals surface area (Å²) in [5.74, 6) is -0.122. The van der Waals surface area contributed by atoms with E-state index < -0.39 is 15.8 Å². The number of aromatic nitrogens is 6. The summed E-state index contributed by atoms with van der Waals surface area (Å²) < 4.78 is 40.2. The summed E-state index contributed by atoms with van der Waals surface area (Å²) in [5, 5.41) is 15.4. The van der Waals surface area contributed by atoms with Crippen LogP contribution in [0.5, 0.6) is 0 Å². The van der Waals surface area contributed by atoms with E-state index in [4.69, 9.17) is 0 Å². The highest BCUT2D eigenvalue weighted by atomic mass is 32.2. The highest BCUT2D eigenvalue weighted by Crippen LogP contribution is 2.35. The third-order valence-corrected chi connectivity index (χ3v) is 8.97. The summed E-state index contributed by atoms with van der Waals surface area (Å²) >= 11 is 0. The third kappa shape index (κ3) is 6.89. The van der Waals surface area contributed by atoms with Gasteiger partial charge in [-0.25, -0.2) is 27.5 Å². The number of rotatable bonds is 9.